The molecule has 0 bridgehead atoms. The van der Waals surface area contributed by atoms with Crippen LogP contribution in [0.1, 0.15) is 10.4 Å². The summed E-state index contributed by atoms with van der Waals surface area (Å²) in [7, 11) is 0. The van der Waals surface area contributed by atoms with Crippen LogP contribution in [0.5, 0.6) is 0 Å². The van der Waals surface area contributed by atoms with Crippen LogP contribution < -0.4 is 0 Å². The zero-order chi connectivity index (χ0) is 8.43. The van der Waals surface area contributed by atoms with Crippen molar-refractivity contribution < 1.29 is 18.7 Å². The molecule has 6 heteroatoms. The summed E-state index contributed by atoms with van der Waals surface area (Å²) < 4.78 is 24.4. The summed E-state index contributed by atoms with van der Waals surface area (Å²) in [5.74, 6) is -3.81. The molecule has 0 aliphatic rings. The van der Waals surface area contributed by atoms with E-state index in [0.717, 1.165) is 12.1 Å². The van der Waals surface area contributed by atoms with E-state index in [-0.39, 0.29) is 12.4 Å². The van der Waals surface area contributed by atoms with Crippen LogP contribution in [0.15, 0.2) is 12.1 Å². The van der Waals surface area contributed by atoms with Crippen molar-refractivity contribution >= 4 is 18.4 Å². The number of pyridine rings is 1. The normalized spacial score (nSPS) is 8.83. The van der Waals surface area contributed by atoms with Gasteiger partial charge in [0, 0.05) is 0 Å². The lowest BCUT2D eigenvalue weighted by atomic mass is 10.3. The van der Waals surface area contributed by atoms with Crippen molar-refractivity contribution in [3.8, 4) is 0 Å². The molecule has 0 saturated heterocycles. The molecule has 0 radical (unpaired) electrons. The fraction of sp³-hybridized carbons (Fsp3) is 0. The summed E-state index contributed by atoms with van der Waals surface area (Å²) in [6, 6.07) is 1.60. The molecule has 0 aliphatic carbocycles. The summed E-state index contributed by atoms with van der Waals surface area (Å²) in [5.41, 5.74) is -0.633. The maximum Gasteiger partial charge on any atom is 0.340 e. The average Bonchev–Trinajstić information content (AvgIpc) is 1.85. The molecule has 0 aliphatic heterocycles. The zero-order valence-corrected chi connectivity index (χ0v) is 6.44. The molecule has 1 N–H and O–H groups in total. The van der Waals surface area contributed by atoms with Crippen LogP contribution in [0, 0.1) is 11.9 Å². The topological polar surface area (TPSA) is 50.2 Å². The third kappa shape index (κ3) is 2.13. The van der Waals surface area contributed by atoms with E-state index in [2.05, 4.69) is 4.98 Å². The number of aromatic nitrogens is 1. The molecule has 12 heavy (non-hydrogen) atoms. The van der Waals surface area contributed by atoms with Crippen molar-refractivity contribution in [2.75, 3.05) is 0 Å². The number of hydrogen-bond donors (Lipinski definition) is 1. The third-order valence-corrected chi connectivity index (χ3v) is 1.05. The van der Waals surface area contributed by atoms with Crippen LogP contribution in [0.2, 0.25) is 0 Å². The van der Waals surface area contributed by atoms with Gasteiger partial charge in [0.25, 0.3) is 0 Å². The number of halogens is 3. The molecule has 1 aromatic rings. The number of carboxylic acids is 1. The predicted molar refractivity (Wildman–Crippen MR) is 38.4 cm³/mol. The molecule has 0 fully saturated rings. The first-order valence-electron chi connectivity index (χ1n) is 2.66. The molecule has 3 nitrogen and oxygen atoms in total. The average molecular weight is 196 g/mol. The number of aromatic carboxylic acids is 1. The lowest BCUT2D eigenvalue weighted by Crippen LogP contribution is -2.03. The van der Waals surface area contributed by atoms with Crippen molar-refractivity contribution in [1.82, 2.24) is 4.98 Å². The number of nitrogens with zero attached hydrogens (tertiary/aromatic N) is 1. The predicted octanol–water partition coefficient (Wildman–Crippen LogP) is 1.48. The van der Waals surface area contributed by atoms with E-state index in [4.69, 9.17) is 5.11 Å². The van der Waals surface area contributed by atoms with Gasteiger partial charge in [0.1, 0.15) is 5.56 Å². The Morgan fingerprint density at radius 3 is 2.42 bits per heavy atom. The molecular weight excluding hydrogens is 192 g/mol. The van der Waals surface area contributed by atoms with Gasteiger partial charge in [-0.25, -0.2) is 4.79 Å². The van der Waals surface area contributed by atoms with E-state index in [1.165, 1.54) is 0 Å². The number of carboxylic acid groups (broad SMARTS) is 1. The maximum atomic E-state index is 12.4. The molecular formula is C6H4ClF2NO2. The lowest BCUT2D eigenvalue weighted by molar-refractivity contribution is 0.0690. The van der Waals surface area contributed by atoms with Crippen LogP contribution >= 0.6 is 12.4 Å². The van der Waals surface area contributed by atoms with Gasteiger partial charge in [-0.05, 0) is 12.1 Å². The summed E-state index contributed by atoms with van der Waals surface area (Å²) in [4.78, 5) is 12.8. The van der Waals surface area contributed by atoms with Crippen LogP contribution in [0.3, 0.4) is 0 Å². The highest BCUT2D eigenvalue weighted by atomic mass is 35.5. The molecule has 0 amide bonds. The number of rotatable bonds is 1. The highest BCUT2D eigenvalue weighted by Gasteiger charge is 2.11. The van der Waals surface area contributed by atoms with Crippen molar-refractivity contribution in [2.24, 2.45) is 0 Å². The minimum atomic E-state index is -1.46. The second kappa shape index (κ2) is 3.96. The maximum absolute atomic E-state index is 12.4. The quantitative estimate of drug-likeness (QED) is 0.691. The number of hydrogen-bond acceptors (Lipinski definition) is 2. The van der Waals surface area contributed by atoms with E-state index in [1.54, 1.807) is 0 Å². The molecule has 1 heterocycles. The van der Waals surface area contributed by atoms with Gasteiger partial charge >= 0.3 is 5.97 Å². The Kier molecular flexibility index (Phi) is 3.56. The number of carbonyl (C=O) groups is 1. The van der Waals surface area contributed by atoms with Crippen molar-refractivity contribution in [3.63, 3.8) is 0 Å². The Morgan fingerprint density at radius 2 is 2.00 bits per heavy atom. The third-order valence-electron chi connectivity index (χ3n) is 1.05. The van der Waals surface area contributed by atoms with Crippen molar-refractivity contribution in [2.45, 2.75) is 0 Å². The lowest BCUT2D eigenvalue weighted by Gasteiger charge is -1.93. The minimum Gasteiger partial charge on any atom is -0.478 e. The summed E-state index contributed by atoms with van der Waals surface area (Å²) in [6.45, 7) is 0. The summed E-state index contributed by atoms with van der Waals surface area (Å²) in [6.07, 6.45) is 0. The van der Waals surface area contributed by atoms with Crippen molar-refractivity contribution in [1.29, 1.82) is 0 Å². The molecule has 0 saturated carbocycles. The molecule has 1 rings (SSSR count). The molecule has 0 unspecified atom stereocenters. The minimum absolute atomic E-state index is 0. The first-order valence-corrected chi connectivity index (χ1v) is 2.66. The van der Waals surface area contributed by atoms with E-state index in [0.29, 0.717) is 0 Å². The second-order valence-corrected chi connectivity index (χ2v) is 1.78. The van der Waals surface area contributed by atoms with Gasteiger partial charge in [-0.3, -0.25) is 0 Å². The second-order valence-electron chi connectivity index (χ2n) is 1.78. The highest BCUT2D eigenvalue weighted by molar-refractivity contribution is 5.87. The Labute approximate surface area is 72.5 Å². The Bertz CT molecular complexity index is 306. The van der Waals surface area contributed by atoms with Gasteiger partial charge in [0.05, 0.1) is 0 Å². The fourth-order valence-corrected chi connectivity index (χ4v) is 0.572. The first-order chi connectivity index (χ1) is 5.11. The van der Waals surface area contributed by atoms with Gasteiger partial charge in [-0.2, -0.15) is 13.8 Å². The Morgan fingerprint density at radius 1 is 1.42 bits per heavy atom. The van der Waals surface area contributed by atoms with E-state index < -0.39 is 23.4 Å². The Balaban J connectivity index is 0.00000121. The monoisotopic (exact) mass is 195 g/mol. The fourth-order valence-electron chi connectivity index (χ4n) is 0.572. The molecule has 1 aromatic heterocycles. The van der Waals surface area contributed by atoms with Gasteiger partial charge in [0.15, 0.2) is 0 Å². The standard InChI is InChI=1S/C6H3F2NO2.ClH/c7-4-2-1-3(6(10)11)5(8)9-4;/h1-2H,(H,10,11);1H. The molecule has 0 atom stereocenters. The van der Waals surface area contributed by atoms with E-state index in [9.17, 15) is 13.6 Å². The zero-order valence-electron chi connectivity index (χ0n) is 5.62. The molecule has 0 aromatic carbocycles. The highest BCUT2D eigenvalue weighted by Crippen LogP contribution is 2.04. The largest absolute Gasteiger partial charge is 0.478 e. The molecule has 66 valence electrons. The van der Waals surface area contributed by atoms with E-state index in [1.807, 2.05) is 0 Å². The summed E-state index contributed by atoms with van der Waals surface area (Å²) in [5, 5.41) is 8.25. The van der Waals surface area contributed by atoms with Gasteiger partial charge in [-0.15, -0.1) is 12.4 Å². The van der Waals surface area contributed by atoms with Gasteiger partial charge in [-0.1, -0.05) is 0 Å². The summed E-state index contributed by atoms with van der Waals surface area (Å²) >= 11 is 0. The van der Waals surface area contributed by atoms with Crippen LogP contribution in [-0.2, 0) is 0 Å². The van der Waals surface area contributed by atoms with Crippen LogP contribution in [-0.4, -0.2) is 16.1 Å². The van der Waals surface area contributed by atoms with Crippen LogP contribution in [0.25, 0.3) is 0 Å². The SMILES string of the molecule is Cl.O=C(O)c1ccc(F)nc1F. The van der Waals surface area contributed by atoms with E-state index >= 15 is 0 Å². The van der Waals surface area contributed by atoms with Crippen LogP contribution in [0.4, 0.5) is 8.78 Å². The first kappa shape index (κ1) is 10.8. The Hall–Kier alpha value is -1.23. The van der Waals surface area contributed by atoms with Gasteiger partial charge in [0.2, 0.25) is 11.9 Å². The smallest absolute Gasteiger partial charge is 0.340 e. The van der Waals surface area contributed by atoms with Gasteiger partial charge < -0.3 is 5.11 Å². The van der Waals surface area contributed by atoms with Crippen molar-refractivity contribution in [3.05, 3.63) is 29.6 Å². The molecule has 0 spiro atoms.